The molecule has 0 bridgehead atoms. The van der Waals surface area contributed by atoms with Gasteiger partial charge >= 0.3 is 5.97 Å². The number of carboxylic acid groups (broad SMARTS) is 1. The topological polar surface area (TPSA) is 42.2 Å². The molecule has 2 rings (SSSR count). The van der Waals surface area contributed by atoms with E-state index in [4.69, 9.17) is 17.3 Å². The predicted octanol–water partition coefficient (Wildman–Crippen LogP) is 3.34. The molecular formula is C12H11NO2S2. The Morgan fingerprint density at radius 2 is 2.06 bits per heavy atom. The van der Waals surface area contributed by atoms with Gasteiger partial charge in [-0.05, 0) is 24.7 Å². The first kappa shape index (κ1) is 12.0. The van der Waals surface area contributed by atoms with E-state index in [0.717, 1.165) is 11.3 Å². The fraction of sp³-hybridized carbons (Fsp3) is 0.167. The molecule has 17 heavy (non-hydrogen) atoms. The van der Waals surface area contributed by atoms with E-state index in [-0.39, 0.29) is 6.54 Å². The molecule has 1 N–H and O–H groups in total. The van der Waals surface area contributed by atoms with Gasteiger partial charge in [0.15, 0.2) is 3.95 Å². The number of hydrogen-bond donors (Lipinski definition) is 1. The molecule has 2 aromatic rings. The lowest BCUT2D eigenvalue weighted by atomic mass is 10.1. The van der Waals surface area contributed by atoms with Crippen LogP contribution in [0.2, 0.25) is 0 Å². The standard InChI is InChI=1S/C12H11NO2S2/c1-8-2-4-9(5-3-8)10-7-17-12(16)13(10)6-11(14)15/h2-5,7H,6H2,1H3,(H,14,15). The SMILES string of the molecule is Cc1ccc(-c2csc(=S)n2CC(=O)O)cc1. The molecule has 0 spiro atoms. The Bertz CT molecular complexity index is 596. The van der Waals surface area contributed by atoms with Crippen LogP contribution in [0.3, 0.4) is 0 Å². The third-order valence-electron chi connectivity index (χ3n) is 2.42. The van der Waals surface area contributed by atoms with Gasteiger partial charge in [-0.1, -0.05) is 29.8 Å². The molecule has 0 radical (unpaired) electrons. The summed E-state index contributed by atoms with van der Waals surface area (Å²) in [5.74, 6) is -0.882. The van der Waals surface area contributed by atoms with Gasteiger partial charge in [-0.2, -0.15) is 0 Å². The van der Waals surface area contributed by atoms with Crippen molar-refractivity contribution >= 4 is 29.5 Å². The van der Waals surface area contributed by atoms with Crippen molar-refractivity contribution in [3.8, 4) is 11.3 Å². The molecule has 0 aliphatic carbocycles. The largest absolute Gasteiger partial charge is 0.480 e. The Balaban J connectivity index is 2.48. The van der Waals surface area contributed by atoms with Crippen LogP contribution in [0.1, 0.15) is 5.56 Å². The number of hydrogen-bond acceptors (Lipinski definition) is 3. The maximum Gasteiger partial charge on any atom is 0.323 e. The van der Waals surface area contributed by atoms with Crippen LogP contribution < -0.4 is 0 Å². The summed E-state index contributed by atoms with van der Waals surface area (Å²) in [5.41, 5.74) is 3.03. The molecule has 0 aliphatic heterocycles. The van der Waals surface area contributed by atoms with E-state index < -0.39 is 5.97 Å². The highest BCUT2D eigenvalue weighted by Crippen LogP contribution is 2.24. The number of carbonyl (C=O) groups is 1. The van der Waals surface area contributed by atoms with Crippen LogP contribution in [0, 0.1) is 10.9 Å². The summed E-state index contributed by atoms with van der Waals surface area (Å²) in [6, 6.07) is 7.96. The normalized spacial score (nSPS) is 10.4. The quantitative estimate of drug-likeness (QED) is 0.865. The lowest BCUT2D eigenvalue weighted by Crippen LogP contribution is -2.09. The van der Waals surface area contributed by atoms with Gasteiger partial charge in [0.1, 0.15) is 6.54 Å². The van der Waals surface area contributed by atoms with E-state index in [9.17, 15) is 4.79 Å². The summed E-state index contributed by atoms with van der Waals surface area (Å²) >= 11 is 6.52. The molecule has 0 aliphatic rings. The first-order chi connectivity index (χ1) is 8.08. The Labute approximate surface area is 108 Å². The van der Waals surface area contributed by atoms with Crippen LogP contribution in [0.4, 0.5) is 0 Å². The van der Waals surface area contributed by atoms with Gasteiger partial charge < -0.3 is 9.67 Å². The van der Waals surface area contributed by atoms with Gasteiger partial charge in [0.25, 0.3) is 0 Å². The molecule has 5 heteroatoms. The summed E-state index contributed by atoms with van der Waals surface area (Å²) in [7, 11) is 0. The minimum atomic E-state index is -0.882. The zero-order chi connectivity index (χ0) is 12.4. The van der Waals surface area contributed by atoms with E-state index >= 15 is 0 Å². The van der Waals surface area contributed by atoms with E-state index in [1.807, 2.05) is 36.6 Å². The van der Waals surface area contributed by atoms with Crippen molar-refractivity contribution in [2.24, 2.45) is 0 Å². The molecule has 0 atom stereocenters. The first-order valence-electron chi connectivity index (χ1n) is 5.05. The van der Waals surface area contributed by atoms with E-state index in [1.165, 1.54) is 16.9 Å². The lowest BCUT2D eigenvalue weighted by Gasteiger charge is -2.06. The van der Waals surface area contributed by atoms with Crippen LogP contribution >= 0.6 is 23.6 Å². The molecule has 88 valence electrons. The predicted molar refractivity (Wildman–Crippen MR) is 71.0 cm³/mol. The van der Waals surface area contributed by atoms with Gasteiger partial charge in [-0.15, -0.1) is 11.3 Å². The summed E-state index contributed by atoms with van der Waals surface area (Å²) in [6.07, 6.45) is 0. The van der Waals surface area contributed by atoms with Crippen molar-refractivity contribution in [3.63, 3.8) is 0 Å². The summed E-state index contributed by atoms with van der Waals surface area (Å²) in [4.78, 5) is 10.8. The second-order valence-electron chi connectivity index (χ2n) is 3.73. The van der Waals surface area contributed by atoms with Gasteiger partial charge in [0, 0.05) is 5.38 Å². The second-order valence-corrected chi connectivity index (χ2v) is 5.24. The molecule has 0 saturated carbocycles. The molecule has 1 aromatic heterocycles. The molecular weight excluding hydrogens is 254 g/mol. The number of carboxylic acids is 1. The van der Waals surface area contributed by atoms with E-state index in [1.54, 1.807) is 4.57 Å². The van der Waals surface area contributed by atoms with E-state index in [2.05, 4.69) is 0 Å². The van der Waals surface area contributed by atoms with Crippen molar-refractivity contribution in [1.82, 2.24) is 4.57 Å². The number of thiazole rings is 1. The number of aryl methyl sites for hydroxylation is 1. The summed E-state index contributed by atoms with van der Waals surface area (Å²) < 4.78 is 2.23. The maximum absolute atomic E-state index is 10.8. The van der Waals surface area contributed by atoms with Crippen molar-refractivity contribution < 1.29 is 9.90 Å². The Hall–Kier alpha value is -1.46. The Kier molecular flexibility index (Phi) is 3.40. The van der Waals surface area contributed by atoms with Crippen LogP contribution in [0.5, 0.6) is 0 Å². The van der Waals surface area contributed by atoms with Gasteiger partial charge in [0.05, 0.1) is 5.69 Å². The maximum atomic E-state index is 10.8. The van der Waals surface area contributed by atoms with Crippen LogP contribution in [-0.4, -0.2) is 15.6 Å². The van der Waals surface area contributed by atoms with Crippen LogP contribution in [0.25, 0.3) is 11.3 Å². The van der Waals surface area contributed by atoms with Crippen molar-refractivity contribution in [2.75, 3.05) is 0 Å². The fourth-order valence-electron chi connectivity index (χ4n) is 1.56. The highest BCUT2D eigenvalue weighted by atomic mass is 32.1. The summed E-state index contributed by atoms with van der Waals surface area (Å²) in [6.45, 7) is 1.92. The summed E-state index contributed by atoms with van der Waals surface area (Å²) in [5, 5.41) is 10.8. The van der Waals surface area contributed by atoms with Gasteiger partial charge in [-0.25, -0.2) is 0 Å². The van der Waals surface area contributed by atoms with Crippen LogP contribution in [0.15, 0.2) is 29.6 Å². The Morgan fingerprint density at radius 1 is 1.41 bits per heavy atom. The zero-order valence-electron chi connectivity index (χ0n) is 9.21. The third-order valence-corrected chi connectivity index (χ3v) is 3.70. The molecule has 1 aromatic carbocycles. The average molecular weight is 265 g/mol. The molecule has 1 heterocycles. The molecule has 0 saturated heterocycles. The lowest BCUT2D eigenvalue weighted by molar-refractivity contribution is -0.137. The smallest absolute Gasteiger partial charge is 0.323 e. The average Bonchev–Trinajstić information content (AvgIpc) is 2.61. The number of benzene rings is 1. The molecule has 0 amide bonds. The monoisotopic (exact) mass is 265 g/mol. The minimum absolute atomic E-state index is 0.0917. The van der Waals surface area contributed by atoms with Crippen molar-refractivity contribution in [3.05, 3.63) is 39.2 Å². The molecule has 0 unspecified atom stereocenters. The van der Waals surface area contributed by atoms with Gasteiger partial charge in [-0.3, -0.25) is 4.79 Å². The fourth-order valence-corrected chi connectivity index (χ4v) is 2.64. The van der Waals surface area contributed by atoms with Gasteiger partial charge in [0.2, 0.25) is 0 Å². The Morgan fingerprint density at radius 3 is 2.65 bits per heavy atom. The molecule has 0 fully saturated rings. The number of aliphatic carboxylic acids is 1. The number of rotatable bonds is 3. The number of aromatic nitrogens is 1. The second kappa shape index (κ2) is 4.81. The zero-order valence-corrected chi connectivity index (χ0v) is 10.8. The number of nitrogens with zero attached hydrogens (tertiary/aromatic N) is 1. The van der Waals surface area contributed by atoms with E-state index in [0.29, 0.717) is 3.95 Å². The third kappa shape index (κ3) is 2.62. The molecule has 3 nitrogen and oxygen atoms in total. The highest BCUT2D eigenvalue weighted by molar-refractivity contribution is 7.73. The van der Waals surface area contributed by atoms with Crippen molar-refractivity contribution in [1.29, 1.82) is 0 Å². The van der Waals surface area contributed by atoms with Crippen molar-refractivity contribution in [2.45, 2.75) is 13.5 Å². The highest BCUT2D eigenvalue weighted by Gasteiger charge is 2.09. The first-order valence-corrected chi connectivity index (χ1v) is 6.34. The minimum Gasteiger partial charge on any atom is -0.480 e. The van der Waals surface area contributed by atoms with Crippen LogP contribution in [-0.2, 0) is 11.3 Å².